The molecule has 1 aromatic carbocycles. The highest BCUT2D eigenvalue weighted by molar-refractivity contribution is 6.39. The number of hydrogen-bond donors (Lipinski definition) is 4. The molecule has 6 nitrogen and oxygen atoms in total. The van der Waals surface area contributed by atoms with Gasteiger partial charge in [-0.15, -0.1) is 0 Å². The fourth-order valence-electron chi connectivity index (χ4n) is 1.23. The van der Waals surface area contributed by atoms with E-state index < -0.39 is 24.0 Å². The van der Waals surface area contributed by atoms with Crippen LogP contribution in [0.3, 0.4) is 0 Å². The number of rotatable bonds is 4. The van der Waals surface area contributed by atoms with Gasteiger partial charge in [-0.1, -0.05) is 17.7 Å². The second kappa shape index (κ2) is 6.31. The number of aryl methyl sites for hydroxylation is 1. The lowest BCUT2D eigenvalue weighted by Crippen LogP contribution is -2.46. The third-order valence-corrected chi connectivity index (χ3v) is 2.49. The summed E-state index contributed by atoms with van der Waals surface area (Å²) in [6.07, 6.45) is 0. The van der Waals surface area contributed by atoms with E-state index in [0.717, 1.165) is 5.56 Å². The Bertz CT molecular complexity index is 454. The molecule has 0 heterocycles. The molecular formula is C13H18N2O4. The molecule has 0 fully saturated rings. The van der Waals surface area contributed by atoms with Crippen LogP contribution in [0.5, 0.6) is 0 Å². The zero-order chi connectivity index (χ0) is 14.5. The number of nitrogens with one attached hydrogen (secondary N) is 2. The molecule has 0 aromatic heterocycles. The van der Waals surface area contributed by atoms with Crippen LogP contribution < -0.4 is 10.6 Å². The molecule has 0 saturated carbocycles. The number of carbonyl (C=O) groups excluding carboxylic acids is 2. The number of anilines is 1. The summed E-state index contributed by atoms with van der Waals surface area (Å²) in [5.41, 5.74) is 0.112. The van der Waals surface area contributed by atoms with Crippen molar-refractivity contribution in [2.45, 2.75) is 19.4 Å². The molecule has 0 bridgehead atoms. The van der Waals surface area contributed by atoms with E-state index in [1.165, 1.54) is 6.92 Å². The van der Waals surface area contributed by atoms with Crippen LogP contribution in [0, 0.1) is 6.92 Å². The fraction of sp³-hybridized carbons (Fsp3) is 0.385. The first-order chi connectivity index (χ1) is 8.84. The molecule has 104 valence electrons. The monoisotopic (exact) mass is 266 g/mol. The lowest BCUT2D eigenvalue weighted by molar-refractivity contribution is -0.137. The molecule has 19 heavy (non-hydrogen) atoms. The SMILES string of the molecule is Cc1ccc(NC(=O)C(=O)NCC(C)(O)CO)cc1. The van der Waals surface area contributed by atoms with E-state index in [1.54, 1.807) is 12.1 Å². The molecule has 1 unspecified atom stereocenters. The van der Waals surface area contributed by atoms with Crippen molar-refractivity contribution in [3.63, 3.8) is 0 Å². The van der Waals surface area contributed by atoms with Gasteiger partial charge in [-0.05, 0) is 26.0 Å². The molecule has 0 radical (unpaired) electrons. The van der Waals surface area contributed by atoms with Gasteiger partial charge in [0, 0.05) is 12.2 Å². The zero-order valence-electron chi connectivity index (χ0n) is 10.9. The van der Waals surface area contributed by atoms with Crippen molar-refractivity contribution < 1.29 is 19.8 Å². The molecule has 0 aliphatic rings. The molecule has 0 aliphatic heterocycles. The minimum atomic E-state index is -1.44. The van der Waals surface area contributed by atoms with Gasteiger partial charge in [-0.3, -0.25) is 9.59 Å². The normalized spacial score (nSPS) is 13.5. The standard InChI is InChI=1S/C13H18N2O4/c1-9-3-5-10(6-4-9)15-12(18)11(17)14-7-13(2,19)8-16/h3-6,16,19H,7-8H2,1-2H3,(H,14,17)(H,15,18). The summed E-state index contributed by atoms with van der Waals surface area (Å²) in [7, 11) is 0. The van der Waals surface area contributed by atoms with Gasteiger partial charge in [0.25, 0.3) is 0 Å². The van der Waals surface area contributed by atoms with E-state index in [9.17, 15) is 14.7 Å². The van der Waals surface area contributed by atoms with Gasteiger partial charge in [0.1, 0.15) is 5.60 Å². The second-order valence-corrected chi connectivity index (χ2v) is 4.66. The average Bonchev–Trinajstić information content (AvgIpc) is 2.38. The summed E-state index contributed by atoms with van der Waals surface area (Å²) in [6.45, 7) is 2.55. The zero-order valence-corrected chi connectivity index (χ0v) is 10.9. The molecule has 2 amide bonds. The highest BCUT2D eigenvalue weighted by Gasteiger charge is 2.22. The number of hydrogen-bond acceptors (Lipinski definition) is 4. The maximum Gasteiger partial charge on any atom is 0.313 e. The van der Waals surface area contributed by atoms with E-state index in [0.29, 0.717) is 5.69 Å². The Morgan fingerprint density at radius 2 is 1.79 bits per heavy atom. The average molecular weight is 266 g/mol. The molecular weight excluding hydrogens is 248 g/mol. The van der Waals surface area contributed by atoms with Crippen molar-refractivity contribution in [3.8, 4) is 0 Å². The number of benzene rings is 1. The van der Waals surface area contributed by atoms with Crippen LogP contribution >= 0.6 is 0 Å². The summed E-state index contributed by atoms with van der Waals surface area (Å²) in [5, 5.41) is 23.0. The quantitative estimate of drug-likeness (QED) is 0.567. The number of aliphatic hydroxyl groups is 2. The highest BCUT2D eigenvalue weighted by Crippen LogP contribution is 2.08. The van der Waals surface area contributed by atoms with Crippen molar-refractivity contribution >= 4 is 17.5 Å². The van der Waals surface area contributed by atoms with Crippen molar-refractivity contribution in [2.24, 2.45) is 0 Å². The Hall–Kier alpha value is -1.92. The summed E-state index contributed by atoms with van der Waals surface area (Å²) >= 11 is 0. The Labute approximate surface area is 111 Å². The van der Waals surface area contributed by atoms with E-state index in [-0.39, 0.29) is 6.54 Å². The van der Waals surface area contributed by atoms with Crippen LogP contribution in [-0.2, 0) is 9.59 Å². The summed E-state index contributed by atoms with van der Waals surface area (Å²) in [5.74, 6) is -1.69. The third kappa shape index (κ3) is 5.07. The van der Waals surface area contributed by atoms with E-state index >= 15 is 0 Å². The van der Waals surface area contributed by atoms with E-state index in [2.05, 4.69) is 10.6 Å². The molecule has 0 spiro atoms. The summed E-state index contributed by atoms with van der Waals surface area (Å²) < 4.78 is 0. The number of aliphatic hydroxyl groups excluding tert-OH is 1. The van der Waals surface area contributed by atoms with Crippen LogP contribution in [0.4, 0.5) is 5.69 Å². The van der Waals surface area contributed by atoms with Crippen molar-refractivity contribution in [1.29, 1.82) is 0 Å². The fourth-order valence-corrected chi connectivity index (χ4v) is 1.23. The molecule has 0 aliphatic carbocycles. The lowest BCUT2D eigenvalue weighted by Gasteiger charge is -2.20. The van der Waals surface area contributed by atoms with Gasteiger partial charge >= 0.3 is 11.8 Å². The van der Waals surface area contributed by atoms with Crippen molar-refractivity contribution in [2.75, 3.05) is 18.5 Å². The van der Waals surface area contributed by atoms with E-state index in [4.69, 9.17) is 5.11 Å². The molecule has 4 N–H and O–H groups in total. The van der Waals surface area contributed by atoms with Gasteiger partial charge in [-0.2, -0.15) is 0 Å². The van der Waals surface area contributed by atoms with Gasteiger partial charge in [0.2, 0.25) is 0 Å². The first-order valence-electron chi connectivity index (χ1n) is 5.83. The predicted octanol–water partition coefficient (Wildman–Crippen LogP) is -0.207. The van der Waals surface area contributed by atoms with Crippen LogP contribution in [0.1, 0.15) is 12.5 Å². The molecule has 1 aromatic rings. The largest absolute Gasteiger partial charge is 0.393 e. The Balaban J connectivity index is 2.49. The molecule has 0 saturated heterocycles. The highest BCUT2D eigenvalue weighted by atomic mass is 16.3. The molecule has 1 atom stereocenters. The third-order valence-electron chi connectivity index (χ3n) is 2.49. The van der Waals surface area contributed by atoms with Gasteiger partial charge < -0.3 is 20.8 Å². The minimum Gasteiger partial charge on any atom is -0.393 e. The van der Waals surface area contributed by atoms with Crippen molar-refractivity contribution in [1.82, 2.24) is 5.32 Å². The summed E-state index contributed by atoms with van der Waals surface area (Å²) in [6, 6.07) is 6.99. The lowest BCUT2D eigenvalue weighted by atomic mass is 10.1. The smallest absolute Gasteiger partial charge is 0.313 e. The molecule has 1 rings (SSSR count). The number of amides is 2. The first-order valence-corrected chi connectivity index (χ1v) is 5.83. The maximum absolute atomic E-state index is 11.5. The number of carbonyl (C=O) groups is 2. The van der Waals surface area contributed by atoms with Gasteiger partial charge in [-0.25, -0.2) is 0 Å². The van der Waals surface area contributed by atoms with Crippen LogP contribution in [-0.4, -0.2) is 40.8 Å². The maximum atomic E-state index is 11.5. The van der Waals surface area contributed by atoms with E-state index in [1.807, 2.05) is 19.1 Å². The van der Waals surface area contributed by atoms with Crippen LogP contribution in [0.25, 0.3) is 0 Å². The van der Waals surface area contributed by atoms with Gasteiger partial charge in [0.15, 0.2) is 0 Å². The van der Waals surface area contributed by atoms with Crippen molar-refractivity contribution in [3.05, 3.63) is 29.8 Å². The first kappa shape index (κ1) is 15.1. The van der Waals surface area contributed by atoms with Gasteiger partial charge in [0.05, 0.1) is 6.61 Å². The second-order valence-electron chi connectivity index (χ2n) is 4.66. The Kier molecular flexibility index (Phi) is 5.02. The summed E-state index contributed by atoms with van der Waals surface area (Å²) in [4.78, 5) is 23.0. The predicted molar refractivity (Wildman–Crippen MR) is 70.5 cm³/mol. The molecule has 6 heteroatoms. The minimum absolute atomic E-state index is 0.205. The Morgan fingerprint density at radius 1 is 1.21 bits per heavy atom. The Morgan fingerprint density at radius 3 is 2.32 bits per heavy atom. The topological polar surface area (TPSA) is 98.7 Å². The van der Waals surface area contributed by atoms with Crippen LogP contribution in [0.2, 0.25) is 0 Å². The van der Waals surface area contributed by atoms with Crippen LogP contribution in [0.15, 0.2) is 24.3 Å².